The van der Waals surface area contributed by atoms with Crippen molar-refractivity contribution in [1.82, 2.24) is 19.8 Å². The summed E-state index contributed by atoms with van der Waals surface area (Å²) in [4.78, 5) is 5.21. The average molecular weight is 343 g/mol. The number of hydrazine groups is 1. The van der Waals surface area contributed by atoms with Gasteiger partial charge in [-0.25, -0.2) is 10.0 Å². The summed E-state index contributed by atoms with van der Waals surface area (Å²) in [5.74, 6) is 0.764. The van der Waals surface area contributed by atoms with Gasteiger partial charge in [-0.15, -0.1) is 0 Å². The molecule has 3 heterocycles. The molecule has 25 heavy (non-hydrogen) atoms. The van der Waals surface area contributed by atoms with Gasteiger partial charge in [0.1, 0.15) is 0 Å². The van der Waals surface area contributed by atoms with Crippen molar-refractivity contribution in [3.63, 3.8) is 0 Å². The van der Waals surface area contributed by atoms with Crippen LogP contribution in [-0.2, 0) is 0 Å². The summed E-state index contributed by atoms with van der Waals surface area (Å²) in [5, 5.41) is 5.31. The minimum absolute atomic E-state index is 0.764. The number of benzene rings is 1. The Kier molecular flexibility index (Phi) is 5.71. The number of hydrogen-bond donors (Lipinski definition) is 0. The molecule has 1 aromatic carbocycles. The van der Waals surface area contributed by atoms with Crippen molar-refractivity contribution in [3.05, 3.63) is 35.9 Å². The van der Waals surface area contributed by atoms with Crippen LogP contribution in [0.1, 0.15) is 37.2 Å². The minimum atomic E-state index is 0.764. The molecule has 0 bridgehead atoms. The Morgan fingerprint density at radius 2 is 1.24 bits per heavy atom. The van der Waals surface area contributed by atoms with Crippen LogP contribution in [0.25, 0.3) is 0 Å². The quantitative estimate of drug-likeness (QED) is 0.837. The molecule has 3 saturated heterocycles. The van der Waals surface area contributed by atoms with Gasteiger partial charge in [0.2, 0.25) is 0 Å². The first-order valence-electron chi connectivity index (χ1n) is 10.3. The van der Waals surface area contributed by atoms with Gasteiger partial charge in [-0.3, -0.25) is 4.90 Å². The second-order valence-corrected chi connectivity index (χ2v) is 8.16. The average Bonchev–Trinajstić information content (AvgIpc) is 2.70. The van der Waals surface area contributed by atoms with E-state index in [1.165, 1.54) is 83.6 Å². The molecule has 138 valence electrons. The lowest BCUT2D eigenvalue weighted by Crippen LogP contribution is -2.55. The maximum atomic E-state index is 2.75. The number of hydrogen-bond acceptors (Lipinski definition) is 4. The van der Waals surface area contributed by atoms with E-state index in [0.29, 0.717) is 0 Å². The highest BCUT2D eigenvalue weighted by Gasteiger charge is 2.30. The first-order valence-corrected chi connectivity index (χ1v) is 10.3. The fourth-order valence-electron chi connectivity index (χ4n) is 4.89. The number of piperidine rings is 2. The summed E-state index contributed by atoms with van der Waals surface area (Å²) in [7, 11) is 2.25. The van der Waals surface area contributed by atoms with Crippen molar-refractivity contribution in [3.8, 4) is 0 Å². The van der Waals surface area contributed by atoms with Crippen LogP contribution in [-0.4, -0.2) is 85.3 Å². The summed E-state index contributed by atoms with van der Waals surface area (Å²) in [6, 6.07) is 11.9. The molecule has 0 unspecified atom stereocenters. The molecule has 4 nitrogen and oxygen atoms in total. The van der Waals surface area contributed by atoms with Gasteiger partial charge in [-0.2, -0.15) is 0 Å². The third kappa shape index (κ3) is 4.25. The van der Waals surface area contributed by atoms with Gasteiger partial charge in [0, 0.05) is 58.4 Å². The van der Waals surface area contributed by atoms with Crippen molar-refractivity contribution < 1.29 is 0 Å². The molecule has 0 amide bonds. The van der Waals surface area contributed by atoms with Crippen LogP contribution in [0.5, 0.6) is 0 Å². The van der Waals surface area contributed by atoms with Crippen molar-refractivity contribution in [2.75, 3.05) is 59.4 Å². The molecule has 0 radical (unpaired) electrons. The van der Waals surface area contributed by atoms with Crippen LogP contribution in [0, 0.1) is 0 Å². The number of piperazine rings is 1. The molecule has 3 aliphatic heterocycles. The first-order chi connectivity index (χ1) is 12.3. The van der Waals surface area contributed by atoms with Crippen molar-refractivity contribution in [2.24, 2.45) is 0 Å². The molecule has 3 fully saturated rings. The van der Waals surface area contributed by atoms with E-state index in [0.717, 1.165) is 12.0 Å². The number of nitrogens with zero attached hydrogens (tertiary/aromatic N) is 4. The summed E-state index contributed by atoms with van der Waals surface area (Å²) in [6.45, 7) is 10.0. The molecular weight excluding hydrogens is 308 g/mol. The molecular formula is C21H34N4. The molecule has 1 aromatic rings. The Morgan fingerprint density at radius 3 is 1.84 bits per heavy atom. The van der Waals surface area contributed by atoms with Crippen LogP contribution < -0.4 is 0 Å². The SMILES string of the molecule is CN1CCN(C2CCN(N3CCC(c4ccccc4)CC3)CC2)CC1. The Labute approximate surface area is 153 Å². The predicted octanol–water partition coefficient (Wildman–Crippen LogP) is 2.49. The van der Waals surface area contributed by atoms with Crippen LogP contribution in [0.4, 0.5) is 0 Å². The second-order valence-electron chi connectivity index (χ2n) is 8.16. The van der Waals surface area contributed by atoms with E-state index in [9.17, 15) is 0 Å². The molecule has 0 spiro atoms. The highest BCUT2D eigenvalue weighted by molar-refractivity contribution is 5.19. The molecule has 4 rings (SSSR count). The zero-order valence-corrected chi connectivity index (χ0v) is 15.8. The lowest BCUT2D eigenvalue weighted by atomic mass is 9.90. The minimum Gasteiger partial charge on any atom is -0.304 e. The highest BCUT2D eigenvalue weighted by atomic mass is 15.6. The predicted molar refractivity (Wildman–Crippen MR) is 104 cm³/mol. The largest absolute Gasteiger partial charge is 0.304 e. The molecule has 0 N–H and O–H groups in total. The molecule has 0 aromatic heterocycles. The van der Waals surface area contributed by atoms with Gasteiger partial charge in [-0.05, 0) is 44.2 Å². The zero-order chi connectivity index (χ0) is 17.1. The summed E-state index contributed by atoms with van der Waals surface area (Å²) < 4.78 is 0. The van der Waals surface area contributed by atoms with Gasteiger partial charge < -0.3 is 4.90 Å². The van der Waals surface area contributed by atoms with E-state index in [4.69, 9.17) is 0 Å². The van der Waals surface area contributed by atoms with Gasteiger partial charge in [-0.1, -0.05) is 30.3 Å². The molecule has 0 atom stereocenters. The first kappa shape index (κ1) is 17.5. The Hall–Kier alpha value is -0.940. The lowest BCUT2D eigenvalue weighted by Gasteiger charge is -2.46. The number of rotatable bonds is 3. The standard InChI is InChI=1S/C21H34N4/c1-22-15-17-23(18-16-22)21-9-13-25(14-10-21)24-11-7-20(8-12-24)19-5-3-2-4-6-19/h2-6,20-21H,7-18H2,1H3. The third-order valence-electron chi connectivity index (χ3n) is 6.64. The van der Waals surface area contributed by atoms with Gasteiger partial charge in [0.05, 0.1) is 0 Å². The normalized spacial score (nSPS) is 26.9. The summed E-state index contributed by atoms with van der Waals surface area (Å²) >= 11 is 0. The number of likely N-dealkylation sites (N-methyl/N-ethyl adjacent to an activating group) is 1. The Morgan fingerprint density at radius 1 is 0.680 bits per heavy atom. The van der Waals surface area contributed by atoms with E-state index in [-0.39, 0.29) is 0 Å². The maximum absolute atomic E-state index is 2.75. The molecule has 0 saturated carbocycles. The van der Waals surface area contributed by atoms with Crippen LogP contribution in [0.15, 0.2) is 30.3 Å². The summed E-state index contributed by atoms with van der Waals surface area (Å²) in [6.07, 6.45) is 5.31. The van der Waals surface area contributed by atoms with Gasteiger partial charge >= 0.3 is 0 Å². The highest BCUT2D eigenvalue weighted by Crippen LogP contribution is 2.29. The molecule has 3 aliphatic rings. The second kappa shape index (κ2) is 8.17. The van der Waals surface area contributed by atoms with E-state index < -0.39 is 0 Å². The van der Waals surface area contributed by atoms with E-state index in [2.05, 4.69) is 57.2 Å². The van der Waals surface area contributed by atoms with Crippen molar-refractivity contribution in [1.29, 1.82) is 0 Å². The fourth-order valence-corrected chi connectivity index (χ4v) is 4.89. The molecule has 0 aliphatic carbocycles. The van der Waals surface area contributed by atoms with Crippen LogP contribution >= 0.6 is 0 Å². The Bertz CT molecular complexity index is 510. The monoisotopic (exact) mass is 342 g/mol. The van der Waals surface area contributed by atoms with Gasteiger partial charge in [0.25, 0.3) is 0 Å². The lowest BCUT2D eigenvalue weighted by molar-refractivity contribution is -0.0720. The fraction of sp³-hybridized carbons (Fsp3) is 0.714. The van der Waals surface area contributed by atoms with E-state index in [1.807, 2.05) is 0 Å². The maximum Gasteiger partial charge on any atom is 0.0148 e. The smallest absolute Gasteiger partial charge is 0.0148 e. The van der Waals surface area contributed by atoms with Crippen LogP contribution in [0.3, 0.4) is 0 Å². The third-order valence-corrected chi connectivity index (χ3v) is 6.64. The zero-order valence-electron chi connectivity index (χ0n) is 15.8. The summed E-state index contributed by atoms with van der Waals surface area (Å²) in [5.41, 5.74) is 1.54. The van der Waals surface area contributed by atoms with E-state index >= 15 is 0 Å². The molecule has 4 heteroatoms. The van der Waals surface area contributed by atoms with Crippen LogP contribution in [0.2, 0.25) is 0 Å². The van der Waals surface area contributed by atoms with Crippen molar-refractivity contribution in [2.45, 2.75) is 37.6 Å². The Balaban J connectivity index is 1.22. The topological polar surface area (TPSA) is 13.0 Å². The van der Waals surface area contributed by atoms with Crippen molar-refractivity contribution >= 4 is 0 Å². The van der Waals surface area contributed by atoms with Gasteiger partial charge in [0.15, 0.2) is 0 Å². The van der Waals surface area contributed by atoms with E-state index in [1.54, 1.807) is 0 Å².